The lowest BCUT2D eigenvalue weighted by Crippen LogP contribution is -2.30. The highest BCUT2D eigenvalue weighted by molar-refractivity contribution is 5.92. The number of carbonyl (C=O) groups is 1. The maximum Gasteiger partial charge on any atom is 0.573 e. The number of fused-ring (bicyclic) bond motifs is 1. The Balaban J connectivity index is 1.59. The van der Waals surface area contributed by atoms with Crippen molar-refractivity contribution in [1.29, 1.82) is 0 Å². The maximum atomic E-state index is 13.0. The second-order valence-corrected chi connectivity index (χ2v) is 7.67. The zero-order valence-corrected chi connectivity index (χ0v) is 18.2. The molecule has 10 heteroatoms. The number of halogens is 3. The third kappa shape index (κ3) is 5.06. The van der Waals surface area contributed by atoms with Gasteiger partial charge in [0.05, 0.1) is 5.39 Å². The average molecular weight is 468 g/mol. The van der Waals surface area contributed by atoms with Crippen molar-refractivity contribution < 1.29 is 22.7 Å². The van der Waals surface area contributed by atoms with E-state index in [1.165, 1.54) is 24.3 Å². The van der Waals surface area contributed by atoms with E-state index in [0.717, 1.165) is 15.8 Å². The fourth-order valence-electron chi connectivity index (χ4n) is 3.54. The van der Waals surface area contributed by atoms with E-state index in [1.54, 1.807) is 18.2 Å². The molecule has 0 saturated carbocycles. The molecule has 1 N–H and O–H groups in total. The minimum atomic E-state index is -4.78. The van der Waals surface area contributed by atoms with E-state index in [0.29, 0.717) is 22.3 Å². The molecule has 7 nitrogen and oxygen atoms in total. The molecule has 174 valence electrons. The Bertz CT molecular complexity index is 1410. The minimum Gasteiger partial charge on any atom is -0.406 e. The predicted octanol–water partition coefficient (Wildman–Crippen LogP) is 4.61. The Morgan fingerprint density at radius 1 is 1.00 bits per heavy atom. The molecule has 0 aliphatic carbocycles. The first-order chi connectivity index (χ1) is 16.1. The number of alkyl halides is 3. The van der Waals surface area contributed by atoms with Crippen molar-refractivity contribution in [1.82, 2.24) is 15.0 Å². The predicted molar refractivity (Wildman–Crippen MR) is 120 cm³/mol. The number of ether oxygens (including phenoxy) is 1. The van der Waals surface area contributed by atoms with E-state index in [2.05, 4.69) is 20.4 Å². The zero-order valence-electron chi connectivity index (χ0n) is 18.2. The quantitative estimate of drug-likeness (QED) is 0.462. The van der Waals surface area contributed by atoms with Gasteiger partial charge >= 0.3 is 6.36 Å². The smallest absolute Gasteiger partial charge is 0.406 e. The molecule has 0 fully saturated rings. The van der Waals surface area contributed by atoms with Gasteiger partial charge in [0.25, 0.3) is 5.56 Å². The molecule has 3 aromatic carbocycles. The molecule has 0 saturated heterocycles. The van der Waals surface area contributed by atoms with Gasteiger partial charge in [0.1, 0.15) is 17.8 Å². The van der Waals surface area contributed by atoms with Crippen molar-refractivity contribution in [3.8, 4) is 16.9 Å². The average Bonchev–Trinajstić information content (AvgIpc) is 2.78. The van der Waals surface area contributed by atoms with E-state index in [4.69, 9.17) is 0 Å². The van der Waals surface area contributed by atoms with Gasteiger partial charge in [0, 0.05) is 5.69 Å². The van der Waals surface area contributed by atoms with Crippen LogP contribution in [0.3, 0.4) is 0 Å². The standard InChI is InChI=1S/C24H19F3N4O3/c1-14-4-3-5-15(2)22(14)28-21(32)13-31-23(33)19-12-17(8-11-20(19)29-30-31)16-6-9-18(10-7-16)34-24(25,26)27/h3-12H,13H2,1-2H3,(H,28,32). The van der Waals surface area contributed by atoms with E-state index >= 15 is 0 Å². The van der Waals surface area contributed by atoms with Crippen LogP contribution < -0.4 is 15.6 Å². The van der Waals surface area contributed by atoms with Crippen molar-refractivity contribution in [2.45, 2.75) is 26.8 Å². The summed E-state index contributed by atoms with van der Waals surface area (Å²) in [5.41, 5.74) is 3.44. The minimum absolute atomic E-state index is 0.225. The van der Waals surface area contributed by atoms with Crippen LogP contribution in [0.1, 0.15) is 11.1 Å². The fraction of sp³-hybridized carbons (Fsp3) is 0.167. The Morgan fingerprint density at radius 2 is 1.65 bits per heavy atom. The summed E-state index contributed by atoms with van der Waals surface area (Å²) in [5, 5.41) is 10.9. The molecular weight excluding hydrogens is 449 g/mol. The summed E-state index contributed by atoms with van der Waals surface area (Å²) in [5.74, 6) is -0.773. The number of rotatable bonds is 5. The molecule has 1 heterocycles. The van der Waals surface area contributed by atoms with Crippen LogP contribution in [0, 0.1) is 13.8 Å². The Morgan fingerprint density at radius 3 is 2.29 bits per heavy atom. The number of hydrogen-bond acceptors (Lipinski definition) is 5. The second-order valence-electron chi connectivity index (χ2n) is 7.67. The van der Waals surface area contributed by atoms with Gasteiger partial charge in [0.15, 0.2) is 0 Å². The number of carbonyl (C=O) groups excluding carboxylic acids is 1. The first-order valence-corrected chi connectivity index (χ1v) is 10.2. The van der Waals surface area contributed by atoms with Crippen LogP contribution in [-0.2, 0) is 11.3 Å². The van der Waals surface area contributed by atoms with Gasteiger partial charge in [-0.15, -0.1) is 18.3 Å². The molecule has 0 spiro atoms. The summed E-state index contributed by atoms with van der Waals surface area (Å²) in [6.07, 6.45) is -4.78. The molecule has 34 heavy (non-hydrogen) atoms. The number of hydrogen-bond donors (Lipinski definition) is 1. The number of benzene rings is 3. The summed E-state index contributed by atoms with van der Waals surface area (Å²) in [6.45, 7) is 3.41. The van der Waals surface area contributed by atoms with Gasteiger partial charge in [-0.25, -0.2) is 4.68 Å². The number of anilines is 1. The summed E-state index contributed by atoms with van der Waals surface area (Å²) in [6, 6.07) is 15.7. The monoisotopic (exact) mass is 468 g/mol. The molecule has 0 atom stereocenters. The van der Waals surface area contributed by atoms with Crippen LogP contribution >= 0.6 is 0 Å². The Hall–Kier alpha value is -4.21. The van der Waals surface area contributed by atoms with Crippen LogP contribution in [-0.4, -0.2) is 27.3 Å². The molecule has 4 aromatic rings. The first kappa shape index (κ1) is 23.0. The summed E-state index contributed by atoms with van der Waals surface area (Å²) >= 11 is 0. The Labute approximate surface area is 191 Å². The highest BCUT2D eigenvalue weighted by Gasteiger charge is 2.31. The SMILES string of the molecule is Cc1cccc(C)c1NC(=O)Cn1nnc2ccc(-c3ccc(OC(F)(F)F)cc3)cc2c1=O. The fourth-order valence-corrected chi connectivity index (χ4v) is 3.54. The van der Waals surface area contributed by atoms with Crippen LogP contribution in [0.15, 0.2) is 65.5 Å². The van der Waals surface area contributed by atoms with Gasteiger partial charge in [-0.2, -0.15) is 0 Å². The summed E-state index contributed by atoms with van der Waals surface area (Å²) < 4.78 is 42.0. The van der Waals surface area contributed by atoms with Crippen molar-refractivity contribution >= 4 is 22.5 Å². The van der Waals surface area contributed by atoms with E-state index < -0.39 is 17.8 Å². The molecule has 1 aromatic heterocycles. The third-order valence-corrected chi connectivity index (χ3v) is 5.18. The maximum absolute atomic E-state index is 13.0. The number of para-hydroxylation sites is 1. The lowest BCUT2D eigenvalue weighted by atomic mass is 10.0. The van der Waals surface area contributed by atoms with Crippen molar-refractivity contribution in [2.75, 3.05) is 5.32 Å². The van der Waals surface area contributed by atoms with E-state index in [1.807, 2.05) is 32.0 Å². The number of nitrogens with zero attached hydrogens (tertiary/aromatic N) is 3. The van der Waals surface area contributed by atoms with Gasteiger partial charge in [-0.05, 0) is 60.4 Å². The molecule has 0 aliphatic rings. The normalized spacial score (nSPS) is 11.4. The molecule has 0 radical (unpaired) electrons. The molecule has 1 amide bonds. The van der Waals surface area contributed by atoms with Gasteiger partial charge in [-0.1, -0.05) is 41.6 Å². The van der Waals surface area contributed by atoms with Crippen molar-refractivity contribution in [3.63, 3.8) is 0 Å². The lowest BCUT2D eigenvalue weighted by molar-refractivity contribution is -0.274. The number of aromatic nitrogens is 3. The van der Waals surface area contributed by atoms with Crippen LogP contribution in [0.5, 0.6) is 5.75 Å². The van der Waals surface area contributed by atoms with Gasteiger partial charge in [0.2, 0.25) is 5.91 Å². The first-order valence-electron chi connectivity index (χ1n) is 10.2. The number of nitrogens with one attached hydrogen (secondary N) is 1. The van der Waals surface area contributed by atoms with Crippen LogP contribution in [0.4, 0.5) is 18.9 Å². The molecular formula is C24H19F3N4O3. The molecule has 4 rings (SSSR count). The lowest BCUT2D eigenvalue weighted by Gasteiger charge is -2.12. The number of aryl methyl sites for hydroxylation is 2. The number of amides is 1. The van der Waals surface area contributed by atoms with Gasteiger partial charge < -0.3 is 10.1 Å². The highest BCUT2D eigenvalue weighted by Crippen LogP contribution is 2.27. The molecule has 0 bridgehead atoms. The van der Waals surface area contributed by atoms with Crippen LogP contribution in [0.2, 0.25) is 0 Å². The van der Waals surface area contributed by atoms with Crippen molar-refractivity contribution in [3.05, 3.63) is 82.1 Å². The van der Waals surface area contributed by atoms with Crippen molar-refractivity contribution in [2.24, 2.45) is 0 Å². The van der Waals surface area contributed by atoms with E-state index in [9.17, 15) is 22.8 Å². The Kier molecular flexibility index (Phi) is 6.06. The van der Waals surface area contributed by atoms with Gasteiger partial charge in [-0.3, -0.25) is 9.59 Å². The highest BCUT2D eigenvalue weighted by atomic mass is 19.4. The largest absolute Gasteiger partial charge is 0.573 e. The van der Waals surface area contributed by atoms with E-state index in [-0.39, 0.29) is 17.7 Å². The zero-order chi connectivity index (χ0) is 24.5. The second kappa shape index (κ2) is 8.97. The third-order valence-electron chi connectivity index (χ3n) is 5.18. The molecule has 0 aliphatic heterocycles. The summed E-state index contributed by atoms with van der Waals surface area (Å²) in [4.78, 5) is 25.5. The summed E-state index contributed by atoms with van der Waals surface area (Å²) in [7, 11) is 0. The molecule has 0 unspecified atom stereocenters. The van der Waals surface area contributed by atoms with Crippen LogP contribution in [0.25, 0.3) is 22.0 Å². The topological polar surface area (TPSA) is 86.1 Å².